The maximum atomic E-state index is 14.1. The van der Waals surface area contributed by atoms with Crippen molar-refractivity contribution in [3.05, 3.63) is 102 Å². The second-order valence-corrected chi connectivity index (χ2v) is 15.1. The third kappa shape index (κ3) is 7.86. The topological polar surface area (TPSA) is 91.6 Å². The molecule has 8 heteroatoms. The zero-order valence-corrected chi connectivity index (χ0v) is 25.5. The molecule has 0 aliphatic heterocycles. The number of carbonyl (C=O) groups is 1. The van der Waals surface area contributed by atoms with Crippen LogP contribution in [-0.4, -0.2) is 52.4 Å². The van der Waals surface area contributed by atoms with Crippen molar-refractivity contribution in [3.8, 4) is 22.4 Å². The lowest BCUT2D eigenvalue weighted by molar-refractivity contribution is 0.0835. The van der Waals surface area contributed by atoms with Crippen molar-refractivity contribution in [1.29, 1.82) is 0 Å². The summed E-state index contributed by atoms with van der Waals surface area (Å²) < 4.78 is 28.3. The van der Waals surface area contributed by atoms with Crippen molar-refractivity contribution < 1.29 is 24.0 Å². The number of rotatable bonds is 12. The summed E-state index contributed by atoms with van der Waals surface area (Å²) in [5.41, 5.74) is 5.04. The predicted octanol–water partition coefficient (Wildman–Crippen LogP) is 7.46. The number of para-hydroxylation sites is 1. The fourth-order valence-electron chi connectivity index (χ4n) is 5.50. The molecule has 42 heavy (non-hydrogen) atoms. The molecule has 0 radical (unpaired) electrons. The number of anilines is 1. The molecule has 0 bridgehead atoms. The summed E-state index contributed by atoms with van der Waals surface area (Å²) in [5.74, 6) is -0.701. The molecule has 1 aromatic heterocycles. The second kappa shape index (κ2) is 13.6. The van der Waals surface area contributed by atoms with Crippen LogP contribution in [0.25, 0.3) is 22.4 Å². The maximum Gasteiger partial charge on any atom is 0.258 e. The Morgan fingerprint density at radius 2 is 1.48 bits per heavy atom. The minimum absolute atomic E-state index is 0.0769. The number of hydrogen-bond donors (Lipinski definition) is 3. The van der Waals surface area contributed by atoms with Gasteiger partial charge in [-0.2, -0.15) is 0 Å². The van der Waals surface area contributed by atoms with Gasteiger partial charge >= 0.3 is 0 Å². The van der Waals surface area contributed by atoms with Crippen LogP contribution in [0.5, 0.6) is 0 Å². The summed E-state index contributed by atoms with van der Waals surface area (Å²) in [4.78, 5) is 14.1. The van der Waals surface area contributed by atoms with Gasteiger partial charge in [-0.3, -0.25) is 4.79 Å². The second-order valence-electron chi connectivity index (χ2n) is 11.6. The quantitative estimate of drug-likeness (QED) is 0.149. The van der Waals surface area contributed by atoms with Crippen LogP contribution in [0, 0.1) is 5.82 Å². The SMILES string of the molecule is CC(C)c1c(C(=O)Nc2ccccc2)c(-c2ccccc2)c(-c2ccc(F)cc2)n1CC[C@@H](O)C[C@@H](O)CP(C)(C)=O. The Morgan fingerprint density at radius 1 is 0.881 bits per heavy atom. The molecule has 0 fully saturated rings. The number of halogens is 1. The molecule has 0 saturated carbocycles. The van der Waals surface area contributed by atoms with Crippen molar-refractivity contribution in [2.45, 2.75) is 51.4 Å². The Hall–Kier alpha value is -3.51. The highest BCUT2D eigenvalue weighted by Crippen LogP contribution is 2.43. The number of amides is 1. The van der Waals surface area contributed by atoms with Crippen molar-refractivity contribution in [3.63, 3.8) is 0 Å². The van der Waals surface area contributed by atoms with Crippen LogP contribution in [0.2, 0.25) is 0 Å². The lowest BCUT2D eigenvalue weighted by atomic mass is 9.94. The fraction of sp³-hybridized carbons (Fsp3) is 0.324. The molecule has 222 valence electrons. The molecule has 1 heterocycles. The summed E-state index contributed by atoms with van der Waals surface area (Å²) in [6.07, 6.45) is -1.18. The van der Waals surface area contributed by atoms with Crippen LogP contribution < -0.4 is 5.32 Å². The number of carbonyl (C=O) groups excluding carboxylic acids is 1. The number of aliphatic hydroxyl groups is 2. The van der Waals surface area contributed by atoms with Crippen LogP contribution >= 0.6 is 7.14 Å². The first-order valence-corrected chi connectivity index (χ1v) is 17.1. The third-order valence-electron chi connectivity index (χ3n) is 7.17. The molecule has 4 aromatic rings. The molecular formula is C34H40FN2O4P. The van der Waals surface area contributed by atoms with Gasteiger partial charge in [0, 0.05) is 29.7 Å². The minimum atomic E-state index is -2.45. The van der Waals surface area contributed by atoms with E-state index < -0.39 is 19.3 Å². The lowest BCUT2D eigenvalue weighted by Crippen LogP contribution is -2.23. The average Bonchev–Trinajstić information content (AvgIpc) is 3.28. The highest BCUT2D eigenvalue weighted by molar-refractivity contribution is 7.62. The maximum absolute atomic E-state index is 14.1. The standard InChI is InChI=1S/C34H40FN2O4P/c1-23(2)32-31(34(40)36-27-13-9-6-10-14-27)30(24-11-7-5-8-12-24)33(25-15-17-26(35)18-16-25)37(32)20-19-28(38)21-29(39)22-42(3,4)41/h5-18,23,28-29,38-39H,19-22H2,1-4H3,(H,36,40)/t28-,29-/m1/s1. The van der Waals surface area contributed by atoms with Crippen LogP contribution in [-0.2, 0) is 11.1 Å². The van der Waals surface area contributed by atoms with E-state index in [1.165, 1.54) is 12.1 Å². The van der Waals surface area contributed by atoms with E-state index in [4.69, 9.17) is 0 Å². The molecule has 0 saturated heterocycles. The molecule has 0 aliphatic rings. The molecule has 4 rings (SSSR count). The van der Waals surface area contributed by atoms with E-state index in [0.717, 1.165) is 28.1 Å². The van der Waals surface area contributed by atoms with E-state index in [-0.39, 0.29) is 30.2 Å². The molecule has 2 atom stereocenters. The molecule has 0 unspecified atom stereocenters. The molecule has 0 spiro atoms. The van der Waals surface area contributed by atoms with Crippen LogP contribution in [0.3, 0.4) is 0 Å². The van der Waals surface area contributed by atoms with Gasteiger partial charge in [-0.05, 0) is 79.6 Å². The Bertz CT molecular complexity index is 1530. The van der Waals surface area contributed by atoms with E-state index in [9.17, 15) is 24.0 Å². The molecule has 1 amide bonds. The molecule has 0 aliphatic carbocycles. The van der Waals surface area contributed by atoms with Gasteiger partial charge < -0.3 is 24.7 Å². The summed E-state index contributed by atoms with van der Waals surface area (Å²) in [6, 6.07) is 25.1. The van der Waals surface area contributed by atoms with E-state index >= 15 is 0 Å². The number of nitrogens with zero attached hydrogens (tertiary/aromatic N) is 1. The van der Waals surface area contributed by atoms with Gasteiger partial charge in [-0.25, -0.2) is 4.39 Å². The zero-order chi connectivity index (χ0) is 30.4. The van der Waals surface area contributed by atoms with Gasteiger partial charge in [-0.15, -0.1) is 0 Å². The van der Waals surface area contributed by atoms with E-state index in [1.807, 2.05) is 74.5 Å². The van der Waals surface area contributed by atoms with E-state index in [1.54, 1.807) is 25.5 Å². The largest absolute Gasteiger partial charge is 0.393 e. The molecule has 6 nitrogen and oxygen atoms in total. The third-order valence-corrected chi connectivity index (χ3v) is 8.47. The van der Waals surface area contributed by atoms with Crippen molar-refractivity contribution in [2.24, 2.45) is 0 Å². The number of benzene rings is 3. The van der Waals surface area contributed by atoms with Gasteiger partial charge in [0.1, 0.15) is 5.82 Å². The first-order valence-electron chi connectivity index (χ1n) is 14.3. The van der Waals surface area contributed by atoms with Crippen molar-refractivity contribution in [2.75, 3.05) is 24.8 Å². The first-order chi connectivity index (χ1) is 19.9. The van der Waals surface area contributed by atoms with Crippen LogP contribution in [0.4, 0.5) is 10.1 Å². The van der Waals surface area contributed by atoms with E-state index in [2.05, 4.69) is 9.88 Å². The zero-order valence-electron chi connectivity index (χ0n) is 24.6. The normalized spacial score (nSPS) is 13.2. The Labute approximate surface area is 247 Å². The van der Waals surface area contributed by atoms with Gasteiger partial charge in [0.2, 0.25) is 0 Å². The monoisotopic (exact) mass is 590 g/mol. The Kier molecular flexibility index (Phi) is 10.2. The van der Waals surface area contributed by atoms with Gasteiger partial charge in [0.05, 0.1) is 30.6 Å². The van der Waals surface area contributed by atoms with Crippen LogP contribution in [0.1, 0.15) is 48.7 Å². The van der Waals surface area contributed by atoms with Gasteiger partial charge in [-0.1, -0.05) is 62.4 Å². The molecule has 3 N–H and O–H groups in total. The predicted molar refractivity (Wildman–Crippen MR) is 169 cm³/mol. The summed E-state index contributed by atoms with van der Waals surface area (Å²) >= 11 is 0. The number of aromatic nitrogens is 1. The molecule has 3 aromatic carbocycles. The van der Waals surface area contributed by atoms with Crippen LogP contribution in [0.15, 0.2) is 84.9 Å². The average molecular weight is 591 g/mol. The van der Waals surface area contributed by atoms with E-state index in [0.29, 0.717) is 24.2 Å². The fourth-order valence-corrected chi connectivity index (χ4v) is 6.66. The highest BCUT2D eigenvalue weighted by Gasteiger charge is 2.31. The summed E-state index contributed by atoms with van der Waals surface area (Å²) in [5, 5.41) is 24.4. The Morgan fingerprint density at radius 3 is 2.05 bits per heavy atom. The lowest BCUT2D eigenvalue weighted by Gasteiger charge is -2.21. The highest BCUT2D eigenvalue weighted by atomic mass is 31.2. The van der Waals surface area contributed by atoms with Gasteiger partial charge in [0.15, 0.2) is 0 Å². The number of hydrogen-bond acceptors (Lipinski definition) is 4. The number of aliphatic hydroxyl groups excluding tert-OH is 2. The van der Waals surface area contributed by atoms with Gasteiger partial charge in [0.25, 0.3) is 5.91 Å². The smallest absolute Gasteiger partial charge is 0.258 e. The summed E-state index contributed by atoms with van der Waals surface area (Å²) in [7, 11) is -2.45. The minimum Gasteiger partial charge on any atom is -0.393 e. The first kappa shape index (κ1) is 31.4. The summed E-state index contributed by atoms with van der Waals surface area (Å²) in [6.45, 7) is 7.64. The van der Waals surface area contributed by atoms with Crippen molar-refractivity contribution in [1.82, 2.24) is 4.57 Å². The van der Waals surface area contributed by atoms with Crippen molar-refractivity contribution >= 4 is 18.7 Å². The molecular weight excluding hydrogens is 550 g/mol. The Balaban J connectivity index is 1.87. The number of nitrogens with one attached hydrogen (secondary N) is 1.